The third-order valence-electron chi connectivity index (χ3n) is 12.4. The van der Waals surface area contributed by atoms with Crippen LogP contribution in [0.25, 0.3) is 0 Å². The highest BCUT2D eigenvalue weighted by Gasteiger charge is 2.23. The number of aliphatic hydroxyl groups is 1. The monoisotopic (exact) mass is 1020 g/mol. The predicted molar refractivity (Wildman–Crippen MR) is 311 cm³/mol. The van der Waals surface area contributed by atoms with Gasteiger partial charge < -0.3 is 28.8 Å². The van der Waals surface area contributed by atoms with Crippen molar-refractivity contribution in [2.45, 2.75) is 244 Å². The van der Waals surface area contributed by atoms with E-state index in [0.29, 0.717) is 17.4 Å². The fourth-order valence-electron chi connectivity index (χ4n) is 7.89. The molecule has 0 bridgehead atoms. The van der Waals surface area contributed by atoms with E-state index in [1.54, 1.807) is 6.08 Å². The molecule has 3 unspecified atom stereocenters. The molecule has 9 heteroatoms. The number of allylic oxidation sites excluding steroid dienone is 17. The van der Waals surface area contributed by atoms with Gasteiger partial charge in [0.1, 0.15) is 13.2 Å². The van der Waals surface area contributed by atoms with Crippen LogP contribution in [-0.2, 0) is 18.4 Å². The predicted octanol–water partition coefficient (Wildman–Crippen LogP) is 17.3. The summed E-state index contributed by atoms with van der Waals surface area (Å²) in [5.74, 6) is -0.215. The van der Waals surface area contributed by atoms with Crippen LogP contribution >= 0.6 is 7.82 Å². The summed E-state index contributed by atoms with van der Waals surface area (Å²) in [7, 11) is 1.23. The van der Waals surface area contributed by atoms with E-state index in [2.05, 4.69) is 116 Å². The number of aliphatic hydroxyl groups excluding tert-OH is 1. The smallest absolute Gasteiger partial charge is 0.268 e. The first kappa shape index (κ1) is 69.2. The second-order valence-corrected chi connectivity index (χ2v) is 22.0. The zero-order chi connectivity index (χ0) is 52.7. The number of phosphoric ester groups is 1. The number of hydrogen-bond donors (Lipinski definition) is 2. The van der Waals surface area contributed by atoms with Crippen LogP contribution in [0.5, 0.6) is 0 Å². The van der Waals surface area contributed by atoms with Gasteiger partial charge in [0.25, 0.3) is 7.82 Å². The van der Waals surface area contributed by atoms with Gasteiger partial charge in [0.15, 0.2) is 0 Å². The number of phosphoric acid groups is 1. The van der Waals surface area contributed by atoms with Crippen LogP contribution in [-0.4, -0.2) is 68.5 Å². The summed E-state index contributed by atoms with van der Waals surface area (Å²) in [5, 5.41) is 13.8. The van der Waals surface area contributed by atoms with Crippen molar-refractivity contribution >= 4 is 13.7 Å². The van der Waals surface area contributed by atoms with E-state index in [1.807, 2.05) is 27.2 Å². The van der Waals surface area contributed by atoms with E-state index >= 15 is 0 Å². The van der Waals surface area contributed by atoms with Crippen LogP contribution in [0, 0.1) is 0 Å². The maximum atomic E-state index is 13.0. The Bertz CT molecular complexity index is 1540. The van der Waals surface area contributed by atoms with Crippen molar-refractivity contribution in [3.8, 4) is 0 Å². The molecule has 0 fully saturated rings. The minimum Gasteiger partial charge on any atom is -0.756 e. The zero-order valence-electron chi connectivity index (χ0n) is 47.1. The molecule has 0 spiro atoms. The number of quaternary nitrogens is 1. The summed E-state index contributed by atoms with van der Waals surface area (Å²) in [4.78, 5) is 25.5. The number of nitrogens with zero attached hydrogens (tertiary/aromatic N) is 1. The molecule has 414 valence electrons. The first-order valence-corrected chi connectivity index (χ1v) is 30.7. The highest BCUT2D eigenvalue weighted by Crippen LogP contribution is 2.38. The lowest BCUT2D eigenvalue weighted by Gasteiger charge is -2.29. The molecule has 0 radical (unpaired) electrons. The van der Waals surface area contributed by atoms with Crippen molar-refractivity contribution in [1.82, 2.24) is 5.32 Å². The van der Waals surface area contributed by atoms with E-state index in [9.17, 15) is 19.4 Å². The normalized spacial score (nSPS) is 14.7. The van der Waals surface area contributed by atoms with Crippen LogP contribution in [0.3, 0.4) is 0 Å². The van der Waals surface area contributed by atoms with Crippen LogP contribution in [0.15, 0.2) is 109 Å². The summed E-state index contributed by atoms with van der Waals surface area (Å²) in [5.41, 5.74) is 0. The Balaban J connectivity index is 4.11. The summed E-state index contributed by atoms with van der Waals surface area (Å²) in [6, 6.07) is -0.915. The Morgan fingerprint density at radius 3 is 1.29 bits per heavy atom. The highest BCUT2D eigenvalue weighted by molar-refractivity contribution is 7.45. The Labute approximate surface area is 444 Å². The molecule has 0 saturated carbocycles. The van der Waals surface area contributed by atoms with Gasteiger partial charge >= 0.3 is 0 Å². The molecule has 0 aromatic carbocycles. The summed E-state index contributed by atoms with van der Waals surface area (Å²) in [6.07, 6.45) is 77.5. The number of amides is 1. The largest absolute Gasteiger partial charge is 0.756 e. The Morgan fingerprint density at radius 1 is 0.500 bits per heavy atom. The van der Waals surface area contributed by atoms with Crippen molar-refractivity contribution in [2.75, 3.05) is 40.9 Å². The maximum Gasteiger partial charge on any atom is 0.268 e. The summed E-state index contributed by atoms with van der Waals surface area (Å²) in [6.45, 7) is 4.48. The van der Waals surface area contributed by atoms with Crippen molar-refractivity contribution in [3.05, 3.63) is 109 Å². The minimum absolute atomic E-state index is 0.0127. The van der Waals surface area contributed by atoms with Crippen LogP contribution in [0.4, 0.5) is 0 Å². The SMILES string of the molecule is CC/C=C\C/C=C\C/C=C\C/C=C\C/C=C\C/C=C\CCCCCCCCCCCCCCCCCCC(=O)NC(COP(=O)([O-])OCC[N+](C)(C)C)C(O)/C=C/CC/C=C/CC/C=C/CCCCCCC. The average Bonchev–Trinajstić information content (AvgIpc) is 3.34. The second kappa shape index (κ2) is 53.0. The quantitative estimate of drug-likeness (QED) is 0.0272. The van der Waals surface area contributed by atoms with Gasteiger partial charge in [0, 0.05) is 6.42 Å². The Morgan fingerprint density at radius 2 is 0.861 bits per heavy atom. The van der Waals surface area contributed by atoms with Crippen LogP contribution < -0.4 is 10.2 Å². The topological polar surface area (TPSA) is 108 Å². The van der Waals surface area contributed by atoms with Gasteiger partial charge in [-0.15, -0.1) is 0 Å². The third kappa shape index (κ3) is 54.9. The fourth-order valence-corrected chi connectivity index (χ4v) is 8.62. The standard InChI is InChI=1S/C63H111N2O6P/c1-6-8-10-12-14-16-18-20-22-23-24-25-26-27-28-29-30-31-32-33-34-35-36-37-38-39-40-41-43-45-47-49-51-53-55-57-63(67)64-61(60-71-72(68,69)70-59-58-65(3,4)5)62(66)56-54-52-50-48-46-44-42-21-19-17-15-13-11-9-7-2/h8,10,14,16,19-22,24-25,27-28,30-31,46,48,54,56,61-62,66H,6-7,9,11-13,15,17-18,23,26,29,32-45,47,49-53,55,57-60H2,1-5H3,(H-,64,67,68,69)/b10-8-,16-14-,21-19+,22-20-,25-24-,28-27-,31-30-,48-46+,56-54+. The second-order valence-electron chi connectivity index (χ2n) is 20.6. The number of unbranched alkanes of at least 4 members (excludes halogenated alkanes) is 23. The van der Waals surface area contributed by atoms with Crippen molar-refractivity contribution < 1.29 is 32.9 Å². The van der Waals surface area contributed by atoms with Gasteiger partial charge in [0.2, 0.25) is 5.91 Å². The van der Waals surface area contributed by atoms with Crippen molar-refractivity contribution in [3.63, 3.8) is 0 Å². The highest BCUT2D eigenvalue weighted by atomic mass is 31.2. The zero-order valence-corrected chi connectivity index (χ0v) is 48.0. The lowest BCUT2D eigenvalue weighted by Crippen LogP contribution is -2.45. The Kier molecular flexibility index (Phi) is 50.9. The van der Waals surface area contributed by atoms with Crippen LogP contribution in [0.1, 0.15) is 232 Å². The number of hydrogen-bond acceptors (Lipinski definition) is 6. The molecule has 2 N–H and O–H groups in total. The minimum atomic E-state index is -4.61. The Hall–Kier alpha value is -2.84. The van der Waals surface area contributed by atoms with E-state index in [4.69, 9.17) is 9.05 Å². The van der Waals surface area contributed by atoms with Gasteiger partial charge in [-0.1, -0.05) is 239 Å². The van der Waals surface area contributed by atoms with Gasteiger partial charge in [0.05, 0.1) is 39.9 Å². The van der Waals surface area contributed by atoms with Gasteiger partial charge in [-0.25, -0.2) is 0 Å². The number of carbonyl (C=O) groups is 1. The third-order valence-corrected chi connectivity index (χ3v) is 13.4. The molecule has 0 aromatic heterocycles. The maximum absolute atomic E-state index is 13.0. The van der Waals surface area contributed by atoms with E-state index in [1.165, 1.54) is 128 Å². The summed E-state index contributed by atoms with van der Waals surface area (Å²) < 4.78 is 23.3. The number of likely N-dealkylation sites (N-methyl/N-ethyl adjacent to an activating group) is 1. The number of nitrogens with one attached hydrogen (secondary N) is 1. The number of rotatable bonds is 52. The van der Waals surface area contributed by atoms with E-state index in [-0.39, 0.29) is 12.5 Å². The number of carbonyl (C=O) groups excluding carboxylic acids is 1. The first-order valence-electron chi connectivity index (χ1n) is 29.2. The lowest BCUT2D eigenvalue weighted by molar-refractivity contribution is -0.870. The van der Waals surface area contributed by atoms with E-state index < -0.39 is 26.6 Å². The molecule has 0 heterocycles. The van der Waals surface area contributed by atoms with Crippen molar-refractivity contribution in [2.24, 2.45) is 0 Å². The van der Waals surface area contributed by atoms with Gasteiger partial charge in [-0.2, -0.15) is 0 Å². The average molecular weight is 1020 g/mol. The van der Waals surface area contributed by atoms with Crippen LogP contribution in [0.2, 0.25) is 0 Å². The first-order chi connectivity index (χ1) is 35.0. The molecule has 8 nitrogen and oxygen atoms in total. The van der Waals surface area contributed by atoms with Gasteiger partial charge in [-0.05, 0) is 96.3 Å². The van der Waals surface area contributed by atoms with Crippen molar-refractivity contribution in [1.29, 1.82) is 0 Å². The van der Waals surface area contributed by atoms with Gasteiger partial charge in [-0.3, -0.25) is 9.36 Å². The molecule has 1 amide bonds. The molecule has 3 atom stereocenters. The van der Waals surface area contributed by atoms with E-state index in [0.717, 1.165) is 83.5 Å². The molecule has 72 heavy (non-hydrogen) atoms. The molecular weight excluding hydrogens is 912 g/mol. The summed E-state index contributed by atoms with van der Waals surface area (Å²) >= 11 is 0. The molecular formula is C63H111N2O6P. The molecule has 0 aliphatic rings. The fraction of sp³-hybridized carbons (Fsp3) is 0.698. The molecule has 0 rings (SSSR count). The molecule has 0 aliphatic heterocycles. The molecule has 0 saturated heterocycles. The lowest BCUT2D eigenvalue weighted by atomic mass is 10.0. The molecule has 0 aliphatic carbocycles. The molecule has 0 aromatic rings.